The topological polar surface area (TPSA) is 98.4 Å². The third-order valence-electron chi connectivity index (χ3n) is 6.17. The normalized spacial score (nSPS) is 10.4. The van der Waals surface area contributed by atoms with Crippen LogP contribution in [0.15, 0.2) is 103 Å². The van der Waals surface area contributed by atoms with E-state index in [1.807, 2.05) is 66.7 Å². The third-order valence-corrected chi connectivity index (χ3v) is 8.57. The van der Waals surface area contributed by atoms with E-state index in [1.54, 1.807) is 0 Å². The van der Waals surface area contributed by atoms with Crippen molar-refractivity contribution in [3.8, 4) is 45.2 Å². The summed E-state index contributed by atoms with van der Waals surface area (Å²) in [5, 5.41) is 36.8. The SMILES string of the molecule is N#CC(C#N)c1ccc(-c2ccc(N(c3ccccc3)c3ccc(-c4ccc(C(C#N)C#N)s4)cc3)cc2)s1. The lowest BCUT2D eigenvalue weighted by Gasteiger charge is -2.25. The molecule has 5 rings (SSSR count). The summed E-state index contributed by atoms with van der Waals surface area (Å²) in [5.74, 6) is -1.50. The average Bonchev–Trinajstić information content (AvgIpc) is 3.67. The summed E-state index contributed by atoms with van der Waals surface area (Å²) >= 11 is 2.93. The molecule has 0 aliphatic rings. The van der Waals surface area contributed by atoms with E-state index in [9.17, 15) is 21.0 Å². The van der Waals surface area contributed by atoms with Crippen LogP contribution in [0, 0.1) is 45.3 Å². The fourth-order valence-electron chi connectivity index (χ4n) is 4.21. The van der Waals surface area contributed by atoms with E-state index < -0.39 is 11.8 Å². The molecule has 0 aliphatic heterocycles. The molecule has 39 heavy (non-hydrogen) atoms. The summed E-state index contributed by atoms with van der Waals surface area (Å²) < 4.78 is 0. The Morgan fingerprint density at radius 3 is 1.23 bits per heavy atom. The zero-order chi connectivity index (χ0) is 27.2. The average molecular weight is 538 g/mol. The van der Waals surface area contributed by atoms with Gasteiger partial charge in [-0.25, -0.2) is 0 Å². The minimum absolute atomic E-state index is 0.749. The number of benzene rings is 3. The maximum atomic E-state index is 9.20. The molecule has 0 spiro atoms. The molecule has 0 N–H and O–H groups in total. The monoisotopic (exact) mass is 537 g/mol. The highest BCUT2D eigenvalue weighted by Gasteiger charge is 2.16. The van der Waals surface area contributed by atoms with E-state index >= 15 is 0 Å². The molecular formula is C32H19N5S2. The van der Waals surface area contributed by atoms with Crippen molar-refractivity contribution in [3.63, 3.8) is 0 Å². The highest BCUT2D eigenvalue weighted by atomic mass is 32.1. The number of anilines is 3. The van der Waals surface area contributed by atoms with Crippen LogP contribution in [0.4, 0.5) is 17.1 Å². The fourth-order valence-corrected chi connectivity index (χ4v) is 6.22. The maximum absolute atomic E-state index is 9.20. The molecular weight excluding hydrogens is 519 g/mol. The van der Waals surface area contributed by atoms with E-state index in [4.69, 9.17) is 0 Å². The van der Waals surface area contributed by atoms with Gasteiger partial charge in [-0.15, -0.1) is 22.7 Å². The van der Waals surface area contributed by atoms with Gasteiger partial charge < -0.3 is 4.90 Å². The van der Waals surface area contributed by atoms with Crippen molar-refractivity contribution in [2.75, 3.05) is 4.90 Å². The first-order chi connectivity index (χ1) is 19.1. The highest BCUT2D eigenvalue weighted by molar-refractivity contribution is 7.16. The van der Waals surface area contributed by atoms with Gasteiger partial charge in [0.05, 0.1) is 24.3 Å². The summed E-state index contributed by atoms with van der Waals surface area (Å²) in [6, 6.07) is 42.4. The van der Waals surface area contributed by atoms with Crippen LogP contribution in [0.3, 0.4) is 0 Å². The van der Waals surface area contributed by atoms with Crippen molar-refractivity contribution >= 4 is 39.7 Å². The minimum atomic E-state index is -0.751. The number of hydrogen-bond acceptors (Lipinski definition) is 7. The van der Waals surface area contributed by atoms with Crippen LogP contribution in [0.5, 0.6) is 0 Å². The number of hydrogen-bond donors (Lipinski definition) is 0. The van der Waals surface area contributed by atoms with E-state index in [2.05, 4.69) is 65.6 Å². The van der Waals surface area contributed by atoms with Crippen LogP contribution in [-0.4, -0.2) is 0 Å². The minimum Gasteiger partial charge on any atom is -0.311 e. The van der Waals surface area contributed by atoms with Crippen molar-refractivity contribution < 1.29 is 0 Å². The molecule has 2 heterocycles. The van der Waals surface area contributed by atoms with Crippen LogP contribution in [0.1, 0.15) is 21.6 Å². The quantitative estimate of drug-likeness (QED) is 0.206. The van der Waals surface area contributed by atoms with Crippen LogP contribution >= 0.6 is 22.7 Å². The molecule has 0 saturated heterocycles. The lowest BCUT2D eigenvalue weighted by atomic mass is 10.1. The maximum Gasteiger partial charge on any atom is 0.167 e. The van der Waals surface area contributed by atoms with E-state index in [0.717, 1.165) is 47.7 Å². The Labute approximate surface area is 234 Å². The molecule has 0 radical (unpaired) electrons. The lowest BCUT2D eigenvalue weighted by Crippen LogP contribution is -2.09. The van der Waals surface area contributed by atoms with Gasteiger partial charge in [-0.2, -0.15) is 21.0 Å². The van der Waals surface area contributed by atoms with Crippen molar-refractivity contribution in [1.82, 2.24) is 0 Å². The predicted molar refractivity (Wildman–Crippen MR) is 156 cm³/mol. The second-order valence-corrected chi connectivity index (χ2v) is 10.8. The summed E-state index contributed by atoms with van der Waals surface area (Å²) in [4.78, 5) is 5.69. The van der Waals surface area contributed by atoms with Crippen molar-refractivity contribution in [1.29, 1.82) is 21.0 Å². The smallest absolute Gasteiger partial charge is 0.167 e. The van der Waals surface area contributed by atoms with Crippen LogP contribution < -0.4 is 4.90 Å². The fraction of sp³-hybridized carbons (Fsp3) is 0.0625. The van der Waals surface area contributed by atoms with Gasteiger partial charge in [-0.1, -0.05) is 42.5 Å². The molecule has 0 unspecified atom stereocenters. The molecule has 184 valence electrons. The standard InChI is InChI=1S/C32H19N5S2/c33-18-24(19-34)31-16-14-29(38-31)22-6-10-27(11-7-22)37(26-4-2-1-3-5-26)28-12-8-23(9-13-28)30-15-17-32(39-30)25(20-35)21-36/h1-17,24-25H. The van der Waals surface area contributed by atoms with Crippen LogP contribution in [0.25, 0.3) is 20.9 Å². The Kier molecular flexibility index (Phi) is 7.49. The molecule has 5 nitrogen and oxygen atoms in total. The molecule has 0 bridgehead atoms. The lowest BCUT2D eigenvalue weighted by molar-refractivity contribution is 1.14. The molecule has 7 heteroatoms. The molecule has 3 aromatic carbocycles. The second kappa shape index (κ2) is 11.5. The zero-order valence-corrected chi connectivity index (χ0v) is 22.2. The van der Waals surface area contributed by atoms with E-state index in [0.29, 0.717) is 0 Å². The summed E-state index contributed by atoms with van der Waals surface area (Å²) in [6.45, 7) is 0. The Morgan fingerprint density at radius 1 is 0.462 bits per heavy atom. The van der Waals surface area contributed by atoms with Gasteiger partial charge in [-0.05, 0) is 71.8 Å². The number of thiophene rings is 2. The first-order valence-electron chi connectivity index (χ1n) is 12.0. The number of nitrogens with zero attached hydrogens (tertiary/aromatic N) is 5. The zero-order valence-electron chi connectivity index (χ0n) is 20.5. The molecule has 5 aromatic rings. The van der Waals surface area contributed by atoms with Crippen LogP contribution in [-0.2, 0) is 0 Å². The Bertz CT molecular complexity index is 1610. The van der Waals surface area contributed by atoms with Gasteiger partial charge in [0.15, 0.2) is 11.8 Å². The van der Waals surface area contributed by atoms with Gasteiger partial charge in [0.2, 0.25) is 0 Å². The highest BCUT2D eigenvalue weighted by Crippen LogP contribution is 2.39. The van der Waals surface area contributed by atoms with Gasteiger partial charge in [0.1, 0.15) is 0 Å². The van der Waals surface area contributed by atoms with Crippen molar-refractivity contribution in [2.45, 2.75) is 11.8 Å². The second-order valence-electron chi connectivity index (χ2n) is 8.55. The molecule has 2 aromatic heterocycles. The number of para-hydroxylation sites is 1. The Balaban J connectivity index is 1.45. The number of nitriles is 4. The Hall–Kier alpha value is -5.18. The van der Waals surface area contributed by atoms with Crippen molar-refractivity contribution in [3.05, 3.63) is 113 Å². The molecule has 0 aliphatic carbocycles. The van der Waals surface area contributed by atoms with Crippen LogP contribution in [0.2, 0.25) is 0 Å². The predicted octanol–water partition coefficient (Wildman–Crippen LogP) is 8.87. The van der Waals surface area contributed by atoms with Gasteiger partial charge in [-0.3, -0.25) is 0 Å². The van der Waals surface area contributed by atoms with Gasteiger partial charge in [0, 0.05) is 36.6 Å². The number of rotatable bonds is 7. The first kappa shape index (κ1) is 25.5. The molecule has 0 saturated carbocycles. The first-order valence-corrected chi connectivity index (χ1v) is 13.6. The summed E-state index contributed by atoms with van der Waals surface area (Å²) in [7, 11) is 0. The van der Waals surface area contributed by atoms with Crippen molar-refractivity contribution in [2.24, 2.45) is 0 Å². The largest absolute Gasteiger partial charge is 0.311 e. The van der Waals surface area contributed by atoms with Gasteiger partial charge in [0.25, 0.3) is 0 Å². The molecule has 0 atom stereocenters. The van der Waals surface area contributed by atoms with Gasteiger partial charge >= 0.3 is 0 Å². The third kappa shape index (κ3) is 5.28. The molecule has 0 amide bonds. The van der Waals surface area contributed by atoms with E-state index in [-0.39, 0.29) is 0 Å². The molecule has 0 fully saturated rings. The van der Waals surface area contributed by atoms with E-state index in [1.165, 1.54) is 22.7 Å². The Morgan fingerprint density at radius 2 is 0.846 bits per heavy atom. The summed E-state index contributed by atoms with van der Waals surface area (Å²) in [6.07, 6.45) is 0. The summed E-state index contributed by atoms with van der Waals surface area (Å²) in [5.41, 5.74) is 5.05.